The Labute approximate surface area is 131 Å². The van der Waals surface area contributed by atoms with E-state index in [2.05, 4.69) is 20.9 Å². The largest absolute Gasteiger partial charge is 0.416 e. The fourth-order valence-corrected chi connectivity index (χ4v) is 3.30. The lowest BCUT2D eigenvalue weighted by Gasteiger charge is -2.19. The van der Waals surface area contributed by atoms with E-state index in [9.17, 15) is 13.2 Å². The molecule has 0 fully saturated rings. The lowest BCUT2D eigenvalue weighted by molar-refractivity contribution is -0.137. The van der Waals surface area contributed by atoms with Crippen molar-refractivity contribution in [3.63, 3.8) is 0 Å². The molecule has 8 heteroatoms. The van der Waals surface area contributed by atoms with Crippen LogP contribution in [0.15, 0.2) is 28.1 Å². The van der Waals surface area contributed by atoms with Crippen molar-refractivity contribution in [2.45, 2.75) is 12.7 Å². The summed E-state index contributed by atoms with van der Waals surface area (Å²) in [6.07, 6.45) is -4.44. The highest BCUT2D eigenvalue weighted by Crippen LogP contribution is 2.33. The van der Waals surface area contributed by atoms with Crippen LogP contribution in [0.25, 0.3) is 0 Å². The minimum Gasteiger partial charge on any atom is -0.354 e. The molecule has 20 heavy (non-hydrogen) atoms. The zero-order chi connectivity index (χ0) is 14.9. The number of pyridine rings is 1. The molecule has 0 spiro atoms. The highest BCUT2D eigenvalue weighted by atomic mass is 79.9. The summed E-state index contributed by atoms with van der Waals surface area (Å²) in [5.74, 6) is 0.189. The summed E-state index contributed by atoms with van der Waals surface area (Å²) in [6, 6.07) is 3.73. The Morgan fingerprint density at radius 3 is 2.60 bits per heavy atom. The summed E-state index contributed by atoms with van der Waals surface area (Å²) in [4.78, 5) is 6.57. The topological polar surface area (TPSA) is 16.1 Å². The molecule has 0 N–H and O–H groups in total. The van der Waals surface area contributed by atoms with Gasteiger partial charge >= 0.3 is 6.18 Å². The molecule has 2 nitrogen and oxygen atoms in total. The first-order valence-electron chi connectivity index (χ1n) is 5.44. The highest BCUT2D eigenvalue weighted by Gasteiger charge is 2.31. The van der Waals surface area contributed by atoms with E-state index in [4.69, 9.17) is 11.6 Å². The first-order valence-corrected chi connectivity index (χ1v) is 7.49. The molecule has 2 rings (SSSR count). The number of thiophene rings is 1. The molecule has 0 unspecified atom stereocenters. The summed E-state index contributed by atoms with van der Waals surface area (Å²) >= 11 is 10.5. The molecule has 108 valence electrons. The third-order valence-corrected chi connectivity index (χ3v) is 4.39. The summed E-state index contributed by atoms with van der Waals surface area (Å²) in [7, 11) is 1.67. The predicted molar refractivity (Wildman–Crippen MR) is 78.4 cm³/mol. The van der Waals surface area contributed by atoms with Crippen molar-refractivity contribution in [2.75, 3.05) is 11.9 Å². The fourth-order valence-electron chi connectivity index (χ4n) is 1.59. The maximum absolute atomic E-state index is 12.7. The molecule has 0 saturated heterocycles. The van der Waals surface area contributed by atoms with Crippen LogP contribution in [0.1, 0.15) is 10.4 Å². The molecule has 0 radical (unpaired) electrons. The third kappa shape index (κ3) is 3.86. The van der Waals surface area contributed by atoms with E-state index in [1.54, 1.807) is 11.9 Å². The van der Waals surface area contributed by atoms with Crippen LogP contribution >= 0.6 is 38.9 Å². The standard InChI is InChI=1S/C12H9BrClF3N2S/c1-19(5-9-4-8(13)6-20-9)11-3-7(12(15,16)17)2-10(14)18-11/h2-4,6H,5H2,1H3. The first kappa shape index (κ1) is 15.6. The predicted octanol–water partition coefficient (Wildman–Crippen LogP) is 5.21. The Kier molecular flexibility index (Phi) is 4.61. The number of anilines is 1. The van der Waals surface area contributed by atoms with Gasteiger partial charge in [-0.1, -0.05) is 11.6 Å². The smallest absolute Gasteiger partial charge is 0.354 e. The van der Waals surface area contributed by atoms with Crippen LogP contribution in [-0.2, 0) is 12.7 Å². The van der Waals surface area contributed by atoms with Crippen LogP contribution in [0, 0.1) is 0 Å². The first-order chi connectivity index (χ1) is 9.25. The Morgan fingerprint density at radius 1 is 1.35 bits per heavy atom. The van der Waals surface area contributed by atoms with Gasteiger partial charge in [0.05, 0.1) is 12.1 Å². The second-order valence-electron chi connectivity index (χ2n) is 4.12. The Morgan fingerprint density at radius 2 is 2.05 bits per heavy atom. The number of rotatable bonds is 3. The van der Waals surface area contributed by atoms with Crippen LogP contribution in [0.5, 0.6) is 0 Å². The van der Waals surface area contributed by atoms with Crippen LogP contribution in [0.2, 0.25) is 5.15 Å². The molecular formula is C12H9BrClF3N2S. The van der Waals surface area contributed by atoms with Crippen LogP contribution in [0.3, 0.4) is 0 Å². The molecule has 0 amide bonds. The molecule has 0 saturated carbocycles. The average molecular weight is 386 g/mol. The van der Waals surface area contributed by atoms with E-state index in [1.807, 2.05) is 11.4 Å². The summed E-state index contributed by atoms with van der Waals surface area (Å²) < 4.78 is 39.1. The monoisotopic (exact) mass is 384 g/mol. The molecule has 2 heterocycles. The van der Waals surface area contributed by atoms with Crippen LogP contribution in [0.4, 0.5) is 19.0 Å². The summed E-state index contributed by atoms with van der Waals surface area (Å²) in [6.45, 7) is 0.459. The number of aromatic nitrogens is 1. The van der Waals surface area contributed by atoms with Gasteiger partial charge in [-0.25, -0.2) is 4.98 Å². The number of nitrogens with zero attached hydrogens (tertiary/aromatic N) is 2. The van der Waals surface area contributed by atoms with Gasteiger partial charge in [-0.3, -0.25) is 0 Å². The minimum absolute atomic E-state index is 0.172. The zero-order valence-electron chi connectivity index (χ0n) is 10.2. The van der Waals surface area contributed by atoms with Crippen molar-refractivity contribution >= 4 is 44.7 Å². The molecule has 2 aromatic heterocycles. The SMILES string of the molecule is CN(Cc1cc(Br)cs1)c1cc(C(F)(F)F)cc(Cl)n1. The van der Waals surface area contributed by atoms with E-state index >= 15 is 0 Å². The van der Waals surface area contributed by atoms with Gasteiger partial charge in [0.2, 0.25) is 0 Å². The average Bonchev–Trinajstić information content (AvgIpc) is 2.72. The van der Waals surface area contributed by atoms with Gasteiger partial charge in [-0.2, -0.15) is 13.2 Å². The van der Waals surface area contributed by atoms with Crippen LogP contribution in [-0.4, -0.2) is 12.0 Å². The van der Waals surface area contributed by atoms with E-state index < -0.39 is 11.7 Å². The van der Waals surface area contributed by atoms with Gasteiger partial charge in [-0.05, 0) is 34.1 Å². The minimum atomic E-state index is -4.44. The van der Waals surface area contributed by atoms with Gasteiger partial charge in [0.25, 0.3) is 0 Å². The van der Waals surface area contributed by atoms with Gasteiger partial charge in [-0.15, -0.1) is 11.3 Å². The normalized spacial score (nSPS) is 11.7. The molecule has 0 bridgehead atoms. The van der Waals surface area contributed by atoms with Crippen molar-refractivity contribution < 1.29 is 13.2 Å². The molecular weight excluding hydrogens is 377 g/mol. The second kappa shape index (κ2) is 5.91. The van der Waals surface area contributed by atoms with Crippen molar-refractivity contribution in [3.05, 3.63) is 43.6 Å². The lowest BCUT2D eigenvalue weighted by atomic mass is 10.2. The van der Waals surface area contributed by atoms with E-state index in [0.29, 0.717) is 6.54 Å². The zero-order valence-corrected chi connectivity index (χ0v) is 13.4. The van der Waals surface area contributed by atoms with E-state index in [0.717, 1.165) is 21.5 Å². The number of alkyl halides is 3. The van der Waals surface area contributed by atoms with Crippen molar-refractivity contribution in [1.82, 2.24) is 4.98 Å². The molecule has 0 atom stereocenters. The quantitative estimate of drug-likeness (QED) is 0.674. The highest BCUT2D eigenvalue weighted by molar-refractivity contribution is 9.10. The summed E-state index contributed by atoms with van der Waals surface area (Å²) in [5.41, 5.74) is -0.799. The van der Waals surface area contributed by atoms with Crippen molar-refractivity contribution in [2.24, 2.45) is 0 Å². The molecule has 2 aromatic rings. The van der Waals surface area contributed by atoms with Crippen molar-refractivity contribution in [1.29, 1.82) is 0 Å². The van der Waals surface area contributed by atoms with E-state index in [1.165, 1.54) is 11.3 Å². The van der Waals surface area contributed by atoms with E-state index in [-0.39, 0.29) is 11.0 Å². The maximum atomic E-state index is 12.7. The molecule has 0 aliphatic carbocycles. The van der Waals surface area contributed by atoms with Gasteiger partial charge in [0, 0.05) is 21.8 Å². The Bertz CT molecular complexity index is 615. The number of hydrogen-bond acceptors (Lipinski definition) is 3. The van der Waals surface area contributed by atoms with Crippen molar-refractivity contribution in [3.8, 4) is 0 Å². The maximum Gasteiger partial charge on any atom is 0.416 e. The molecule has 0 aliphatic heterocycles. The van der Waals surface area contributed by atoms with Crippen LogP contribution < -0.4 is 4.90 Å². The van der Waals surface area contributed by atoms with Gasteiger partial charge in [0.15, 0.2) is 0 Å². The number of hydrogen-bond donors (Lipinski definition) is 0. The summed E-state index contributed by atoms with van der Waals surface area (Å²) in [5, 5.41) is 1.74. The fraction of sp³-hybridized carbons (Fsp3) is 0.250. The Balaban J connectivity index is 2.25. The molecule has 0 aromatic carbocycles. The van der Waals surface area contributed by atoms with Gasteiger partial charge < -0.3 is 4.90 Å². The lowest BCUT2D eigenvalue weighted by Crippen LogP contribution is -2.18. The molecule has 0 aliphatic rings. The number of halogens is 5. The third-order valence-electron chi connectivity index (χ3n) is 2.51. The second-order valence-corrected chi connectivity index (χ2v) is 6.42. The van der Waals surface area contributed by atoms with Gasteiger partial charge in [0.1, 0.15) is 11.0 Å². The Hall–Kier alpha value is -0.790.